The number of aliphatic hydroxyl groups excluding tert-OH is 1. The lowest BCUT2D eigenvalue weighted by Gasteiger charge is -2.16. The van der Waals surface area contributed by atoms with Gasteiger partial charge < -0.3 is 9.84 Å². The van der Waals surface area contributed by atoms with E-state index in [1.54, 1.807) is 24.0 Å². The zero-order valence-electron chi connectivity index (χ0n) is 12.2. The Morgan fingerprint density at radius 2 is 2.24 bits per heavy atom. The number of aryl methyl sites for hydroxylation is 2. The minimum Gasteiger partial charge on any atom is -0.489 e. The molecule has 112 valence electrons. The van der Waals surface area contributed by atoms with Crippen molar-refractivity contribution in [2.75, 3.05) is 6.61 Å². The first kappa shape index (κ1) is 15.3. The van der Waals surface area contributed by atoms with Gasteiger partial charge in [-0.05, 0) is 24.6 Å². The van der Waals surface area contributed by atoms with Crippen molar-refractivity contribution >= 4 is 0 Å². The summed E-state index contributed by atoms with van der Waals surface area (Å²) in [5.74, 6) is 0.0200. The van der Waals surface area contributed by atoms with Gasteiger partial charge in [-0.3, -0.25) is 4.68 Å². The first-order valence-corrected chi connectivity index (χ1v) is 6.80. The lowest BCUT2D eigenvalue weighted by Crippen LogP contribution is -2.06. The van der Waals surface area contributed by atoms with E-state index in [-0.39, 0.29) is 0 Å². The van der Waals surface area contributed by atoms with Gasteiger partial charge in [-0.15, -0.1) is 0 Å². The predicted molar refractivity (Wildman–Crippen MR) is 78.7 cm³/mol. The fourth-order valence-corrected chi connectivity index (χ4v) is 2.24. The molecule has 2 aromatic rings. The fraction of sp³-hybridized carbons (Fsp3) is 0.312. The highest BCUT2D eigenvalue weighted by Crippen LogP contribution is 2.32. The lowest BCUT2D eigenvalue weighted by molar-refractivity contribution is 0.211. The van der Waals surface area contributed by atoms with Crippen molar-refractivity contribution in [2.45, 2.75) is 19.4 Å². The predicted octanol–water partition coefficient (Wildman–Crippen LogP) is 2.77. The average molecular weight is 290 g/mol. The van der Waals surface area contributed by atoms with Gasteiger partial charge in [0.25, 0.3) is 0 Å². The number of nitrogens with zero attached hydrogens (tertiary/aromatic N) is 2. The maximum absolute atomic E-state index is 13.5. The van der Waals surface area contributed by atoms with Crippen molar-refractivity contribution in [1.29, 1.82) is 0 Å². The normalized spacial score (nSPS) is 12.2. The van der Waals surface area contributed by atoms with Gasteiger partial charge in [-0.1, -0.05) is 19.6 Å². The summed E-state index contributed by atoms with van der Waals surface area (Å²) < 4.78 is 20.7. The highest BCUT2D eigenvalue weighted by atomic mass is 19.1. The Morgan fingerprint density at radius 3 is 2.90 bits per heavy atom. The molecule has 0 aliphatic rings. The van der Waals surface area contributed by atoms with Gasteiger partial charge >= 0.3 is 0 Å². The molecule has 0 fully saturated rings. The second kappa shape index (κ2) is 6.54. The van der Waals surface area contributed by atoms with Crippen LogP contribution in [0.1, 0.15) is 29.8 Å². The number of benzene rings is 1. The molecular weight excluding hydrogens is 271 g/mol. The summed E-state index contributed by atoms with van der Waals surface area (Å²) in [4.78, 5) is 0. The Morgan fingerprint density at radius 1 is 1.48 bits per heavy atom. The molecule has 0 aliphatic heterocycles. The molecule has 1 N–H and O–H groups in total. The second-order valence-electron chi connectivity index (χ2n) is 4.74. The summed E-state index contributed by atoms with van der Waals surface area (Å²) in [7, 11) is 1.79. The third-order valence-corrected chi connectivity index (χ3v) is 3.19. The van der Waals surface area contributed by atoms with Gasteiger partial charge in [-0.25, -0.2) is 4.39 Å². The summed E-state index contributed by atoms with van der Waals surface area (Å²) in [6.45, 7) is 5.83. The van der Waals surface area contributed by atoms with Gasteiger partial charge in [-0.2, -0.15) is 5.10 Å². The molecule has 4 nitrogen and oxygen atoms in total. The second-order valence-corrected chi connectivity index (χ2v) is 4.74. The van der Waals surface area contributed by atoms with E-state index in [0.29, 0.717) is 29.9 Å². The van der Waals surface area contributed by atoms with Crippen molar-refractivity contribution in [3.63, 3.8) is 0 Å². The largest absolute Gasteiger partial charge is 0.489 e. The van der Waals surface area contributed by atoms with E-state index in [0.717, 1.165) is 5.69 Å². The number of hydrogen-bond acceptors (Lipinski definition) is 3. The van der Waals surface area contributed by atoms with Crippen LogP contribution in [0, 0.1) is 5.82 Å². The molecule has 1 unspecified atom stereocenters. The minimum absolute atomic E-state index is 0.291. The maximum Gasteiger partial charge on any atom is 0.126 e. The Kier molecular flexibility index (Phi) is 4.75. The van der Waals surface area contributed by atoms with Crippen LogP contribution >= 0.6 is 0 Å². The Hall–Kier alpha value is -2.14. The Labute approximate surface area is 123 Å². The number of hydrogen-bond donors (Lipinski definition) is 1. The van der Waals surface area contributed by atoms with Crippen LogP contribution in [-0.4, -0.2) is 21.5 Å². The smallest absolute Gasteiger partial charge is 0.126 e. The van der Waals surface area contributed by atoms with Gasteiger partial charge in [0.15, 0.2) is 0 Å². The molecule has 0 spiro atoms. The zero-order chi connectivity index (χ0) is 15.4. The quantitative estimate of drug-likeness (QED) is 0.832. The van der Waals surface area contributed by atoms with Gasteiger partial charge in [0.05, 0.1) is 5.69 Å². The molecule has 1 atom stereocenters. The van der Waals surface area contributed by atoms with Crippen LogP contribution in [0.15, 0.2) is 37.1 Å². The first-order valence-electron chi connectivity index (χ1n) is 6.80. The monoisotopic (exact) mass is 290 g/mol. The van der Waals surface area contributed by atoms with E-state index < -0.39 is 11.9 Å². The van der Waals surface area contributed by atoms with E-state index >= 15 is 0 Å². The molecule has 1 aromatic heterocycles. The molecule has 0 aliphatic carbocycles. The van der Waals surface area contributed by atoms with Crippen LogP contribution in [0.3, 0.4) is 0 Å². The highest BCUT2D eigenvalue weighted by Gasteiger charge is 2.21. The van der Waals surface area contributed by atoms with Crippen LogP contribution in [0.25, 0.3) is 0 Å². The van der Waals surface area contributed by atoms with Crippen LogP contribution in [0.5, 0.6) is 5.75 Å². The van der Waals surface area contributed by atoms with E-state index in [2.05, 4.69) is 11.7 Å². The lowest BCUT2D eigenvalue weighted by atomic mass is 10.00. The molecule has 0 saturated carbocycles. The summed E-state index contributed by atoms with van der Waals surface area (Å²) in [6, 6.07) is 4.10. The minimum atomic E-state index is -0.982. The molecule has 21 heavy (non-hydrogen) atoms. The molecule has 0 saturated heterocycles. The summed E-state index contributed by atoms with van der Waals surface area (Å²) in [5.41, 5.74) is 1.83. The number of halogens is 1. The number of ether oxygens (including phenoxy) is 1. The summed E-state index contributed by atoms with van der Waals surface area (Å²) >= 11 is 0. The first-order chi connectivity index (χ1) is 10.1. The third-order valence-electron chi connectivity index (χ3n) is 3.19. The molecule has 5 heteroatoms. The van der Waals surface area contributed by atoms with Crippen molar-refractivity contribution in [3.8, 4) is 5.75 Å². The van der Waals surface area contributed by atoms with Gasteiger partial charge in [0.2, 0.25) is 0 Å². The molecule has 0 amide bonds. The SMILES string of the molecule is C=CCOc1ccc(F)cc1C(O)c1cn(C)nc1CC. The molecule has 1 heterocycles. The summed E-state index contributed by atoms with van der Waals surface area (Å²) in [6.07, 6.45) is 3.04. The Balaban J connectivity index is 2.43. The molecular formula is C16H19FN2O2. The topological polar surface area (TPSA) is 47.3 Å². The van der Waals surface area contributed by atoms with Crippen LogP contribution in [0.4, 0.5) is 4.39 Å². The number of rotatable bonds is 6. The van der Waals surface area contributed by atoms with Crippen LogP contribution in [0.2, 0.25) is 0 Å². The van der Waals surface area contributed by atoms with Gasteiger partial charge in [0.1, 0.15) is 24.3 Å². The number of aliphatic hydroxyl groups is 1. The molecule has 0 radical (unpaired) electrons. The standard InChI is InChI=1S/C16H19FN2O2/c1-4-8-21-15-7-6-11(17)9-12(15)16(20)13-10-19(3)18-14(13)5-2/h4,6-7,9-10,16,20H,1,5,8H2,2-3H3. The highest BCUT2D eigenvalue weighted by molar-refractivity contribution is 5.41. The maximum atomic E-state index is 13.5. The third kappa shape index (κ3) is 3.31. The fourth-order valence-electron chi connectivity index (χ4n) is 2.24. The van der Waals surface area contributed by atoms with Crippen molar-refractivity contribution < 1.29 is 14.2 Å². The number of aromatic nitrogens is 2. The van der Waals surface area contributed by atoms with Crippen molar-refractivity contribution in [2.24, 2.45) is 7.05 Å². The van der Waals surface area contributed by atoms with Crippen molar-refractivity contribution in [1.82, 2.24) is 9.78 Å². The van der Waals surface area contributed by atoms with E-state index in [1.165, 1.54) is 18.2 Å². The molecule has 2 rings (SSSR count). The van der Waals surface area contributed by atoms with Crippen LogP contribution in [-0.2, 0) is 13.5 Å². The zero-order valence-corrected chi connectivity index (χ0v) is 12.2. The van der Waals surface area contributed by atoms with E-state index in [1.807, 2.05) is 6.92 Å². The Bertz CT molecular complexity index is 637. The van der Waals surface area contributed by atoms with Crippen molar-refractivity contribution in [3.05, 3.63) is 59.7 Å². The molecule has 1 aromatic carbocycles. The van der Waals surface area contributed by atoms with E-state index in [9.17, 15) is 9.50 Å². The van der Waals surface area contributed by atoms with E-state index in [4.69, 9.17) is 4.74 Å². The molecule has 0 bridgehead atoms. The summed E-state index contributed by atoms with van der Waals surface area (Å²) in [5, 5.41) is 14.9. The van der Waals surface area contributed by atoms with Crippen LogP contribution < -0.4 is 4.74 Å². The average Bonchev–Trinajstić information content (AvgIpc) is 2.86. The van der Waals surface area contributed by atoms with Gasteiger partial charge in [0, 0.05) is 24.4 Å².